The molecule has 608 valence electrons. The van der Waals surface area contributed by atoms with E-state index >= 15 is 39.5 Å². The zero-order valence-corrected chi connectivity index (χ0v) is 70.9. The molecule has 0 N–H and O–H groups in total. The summed E-state index contributed by atoms with van der Waals surface area (Å²) in [6, 6.07) is 84.6. The molecule has 14 aromatic rings. The van der Waals surface area contributed by atoms with E-state index in [0.717, 1.165) is 85.8 Å². The summed E-state index contributed by atoms with van der Waals surface area (Å²) in [6.07, 6.45) is -8.81. The van der Waals surface area contributed by atoms with Crippen molar-refractivity contribution in [2.45, 2.75) is 185 Å². The van der Waals surface area contributed by atoms with Gasteiger partial charge in [0.05, 0.1) is 0 Å². The highest BCUT2D eigenvalue weighted by Gasteiger charge is 2.62. The van der Waals surface area contributed by atoms with E-state index in [-0.39, 0.29) is 49.6 Å². The van der Waals surface area contributed by atoms with Gasteiger partial charge in [-0.25, -0.2) is 0 Å². The van der Waals surface area contributed by atoms with Crippen LogP contribution in [0.4, 0.5) is 39.5 Å². The third-order valence-corrected chi connectivity index (χ3v) is 31.8. The van der Waals surface area contributed by atoms with Gasteiger partial charge in [0, 0.05) is 21.7 Å². The summed E-state index contributed by atoms with van der Waals surface area (Å²) in [5.41, 5.74) is 25.7. The zero-order chi connectivity index (χ0) is 85.2. The van der Waals surface area contributed by atoms with Gasteiger partial charge in [0.15, 0.2) is 0 Å². The minimum Gasteiger partial charge on any atom is -0.170 e. The molecule has 3 atom stereocenters. The molecule has 0 spiro atoms. The number of rotatable bonds is 12. The van der Waals surface area contributed by atoms with Gasteiger partial charge in [-0.05, 0) is 380 Å². The van der Waals surface area contributed by atoms with Crippen molar-refractivity contribution in [2.24, 2.45) is 0 Å². The number of alkyl halides is 9. The topological polar surface area (TPSA) is 0 Å². The summed E-state index contributed by atoms with van der Waals surface area (Å²) in [5.74, 6) is 0. The monoisotopic (exact) mass is 1620 g/mol. The average Bonchev–Trinajstić information content (AvgIpc) is 1.54. The van der Waals surface area contributed by atoms with E-state index in [1.807, 2.05) is 12.1 Å². The Kier molecular flexibility index (Phi) is 16.6. The Hall–Kier alpha value is -11.6. The van der Waals surface area contributed by atoms with Gasteiger partial charge >= 0.3 is 18.5 Å². The standard InChI is InChI=1S/C113H93F9/c1-14-108(15-2)91-27-23-21-25-75(91)81-42-32-68(54-99(81)108)69-33-43-82-83-44-34-70(56-101(83)109(16-3,17-4)100(82)55-69)71-35-45-84-85-47-37-73(59-103(85)110(18-5,19-6)102(84)57-71)86-60-89-88-48-62(7)63(8)49-92(88)104(9,10)93(89)61-87(86)72-36-46-80-79-41-31-67(53-97(79)107(13,98(80)58-72)113(120,121)122)66-30-40-78-77-39-29-65(51-95(77)106(12,96(78)52-66)112(117,118)119)64-28-38-76-74-24-20-22-26-90(74)105(11,94(76)50-64)111(114,115)116/h20-61H,14-19H2,1-13H3. The Morgan fingerprint density at radius 2 is 0.402 bits per heavy atom. The molecule has 0 saturated heterocycles. The second-order valence-electron chi connectivity index (χ2n) is 37.0. The molecule has 0 amide bonds. The molecular formula is C113H93F9. The first-order valence-electron chi connectivity index (χ1n) is 43.4. The van der Waals surface area contributed by atoms with Crippen molar-refractivity contribution in [3.8, 4) is 145 Å². The lowest BCUT2D eigenvalue weighted by Crippen LogP contribution is -2.39. The molecule has 3 unspecified atom stereocenters. The third kappa shape index (κ3) is 10.0. The maximum atomic E-state index is 17.0. The number of benzene rings is 14. The molecule has 7 aliphatic rings. The Labute approximate surface area is 708 Å². The van der Waals surface area contributed by atoms with Crippen molar-refractivity contribution in [2.75, 3.05) is 0 Å². The van der Waals surface area contributed by atoms with Gasteiger partial charge in [0.2, 0.25) is 0 Å². The molecule has 14 aromatic carbocycles. The van der Waals surface area contributed by atoms with Crippen LogP contribution in [-0.2, 0) is 37.9 Å². The lowest BCUT2D eigenvalue weighted by atomic mass is 9.72. The highest BCUT2D eigenvalue weighted by Crippen LogP contribution is 2.65. The molecule has 0 heterocycles. The predicted molar refractivity (Wildman–Crippen MR) is 480 cm³/mol. The minimum absolute atomic E-state index is 0.00648. The van der Waals surface area contributed by atoms with Crippen LogP contribution in [-0.4, -0.2) is 18.5 Å². The molecule has 9 heteroatoms. The molecule has 0 saturated carbocycles. The first-order chi connectivity index (χ1) is 58.2. The Bertz CT molecular complexity index is 6910. The quantitative estimate of drug-likeness (QED) is 0.107. The lowest BCUT2D eigenvalue weighted by molar-refractivity contribution is -0.172. The van der Waals surface area contributed by atoms with Crippen LogP contribution >= 0.6 is 0 Å². The van der Waals surface area contributed by atoms with Gasteiger partial charge in [-0.3, -0.25) is 0 Å². The second kappa shape index (κ2) is 26.0. The Balaban J connectivity index is 0.633. The highest BCUT2D eigenvalue weighted by atomic mass is 19.4. The van der Waals surface area contributed by atoms with Crippen LogP contribution in [0.5, 0.6) is 0 Å². The number of hydrogen-bond donors (Lipinski definition) is 0. The zero-order valence-electron chi connectivity index (χ0n) is 70.9. The molecule has 0 aromatic heterocycles. The fourth-order valence-electron chi connectivity index (χ4n) is 24.2. The molecule has 7 aliphatic carbocycles. The number of halogens is 9. The van der Waals surface area contributed by atoms with Crippen LogP contribution in [0.2, 0.25) is 0 Å². The largest absolute Gasteiger partial charge is 0.402 e. The van der Waals surface area contributed by atoms with Gasteiger partial charge in [0.1, 0.15) is 16.2 Å². The molecule has 0 fully saturated rings. The van der Waals surface area contributed by atoms with Gasteiger partial charge in [0.25, 0.3) is 0 Å². The van der Waals surface area contributed by atoms with Crippen LogP contribution in [0.1, 0.15) is 204 Å². The van der Waals surface area contributed by atoms with Gasteiger partial charge < -0.3 is 0 Å². The van der Waals surface area contributed by atoms with Crippen molar-refractivity contribution in [3.05, 3.63) is 344 Å². The van der Waals surface area contributed by atoms with Crippen molar-refractivity contribution < 1.29 is 39.5 Å². The highest BCUT2D eigenvalue weighted by molar-refractivity contribution is 5.99. The summed E-state index contributed by atoms with van der Waals surface area (Å²) in [5, 5.41) is 0. The van der Waals surface area contributed by atoms with Crippen LogP contribution in [0, 0.1) is 13.8 Å². The summed E-state index contributed by atoms with van der Waals surface area (Å²) in [4.78, 5) is 0. The first-order valence-corrected chi connectivity index (χ1v) is 43.4. The van der Waals surface area contributed by atoms with Crippen LogP contribution in [0.3, 0.4) is 0 Å². The predicted octanol–water partition coefficient (Wildman–Crippen LogP) is 32.4. The summed E-state index contributed by atoms with van der Waals surface area (Å²) in [7, 11) is 0. The van der Waals surface area contributed by atoms with E-state index in [0.29, 0.717) is 61.2 Å². The van der Waals surface area contributed by atoms with Crippen molar-refractivity contribution in [3.63, 3.8) is 0 Å². The summed E-state index contributed by atoms with van der Waals surface area (Å²) < 4.78 is 146. The lowest BCUT2D eigenvalue weighted by Gasteiger charge is -2.31. The number of hydrogen-bond acceptors (Lipinski definition) is 0. The molecule has 0 radical (unpaired) electrons. The number of aryl methyl sites for hydroxylation is 2. The second-order valence-corrected chi connectivity index (χ2v) is 37.0. The smallest absolute Gasteiger partial charge is 0.170 e. The van der Waals surface area contributed by atoms with Gasteiger partial charge in [-0.1, -0.05) is 237 Å². The van der Waals surface area contributed by atoms with E-state index in [9.17, 15) is 0 Å². The fourth-order valence-corrected chi connectivity index (χ4v) is 24.2. The minimum atomic E-state index is -4.89. The van der Waals surface area contributed by atoms with Crippen LogP contribution in [0.25, 0.3) is 145 Å². The first kappa shape index (κ1) is 77.8. The van der Waals surface area contributed by atoms with Gasteiger partial charge in [-0.2, -0.15) is 39.5 Å². The van der Waals surface area contributed by atoms with Crippen LogP contribution < -0.4 is 0 Å². The van der Waals surface area contributed by atoms with E-state index in [1.165, 1.54) is 143 Å². The molecule has 0 aliphatic heterocycles. The van der Waals surface area contributed by atoms with E-state index < -0.39 is 40.2 Å². The maximum absolute atomic E-state index is 17.0. The van der Waals surface area contributed by atoms with E-state index in [4.69, 9.17) is 0 Å². The summed E-state index contributed by atoms with van der Waals surface area (Å²) in [6.45, 7) is 26.2. The van der Waals surface area contributed by atoms with Gasteiger partial charge in [-0.15, -0.1) is 0 Å². The molecule has 0 nitrogen and oxygen atoms in total. The fraction of sp³-hybridized carbons (Fsp3) is 0.257. The van der Waals surface area contributed by atoms with Crippen LogP contribution in [0.15, 0.2) is 255 Å². The molecule has 21 rings (SSSR count). The summed E-state index contributed by atoms with van der Waals surface area (Å²) >= 11 is 0. The van der Waals surface area contributed by atoms with Crippen molar-refractivity contribution in [1.29, 1.82) is 0 Å². The average molecular weight is 1620 g/mol. The maximum Gasteiger partial charge on any atom is 0.402 e. The molecule has 0 bridgehead atoms. The normalized spacial score (nSPS) is 19.1. The molecule has 122 heavy (non-hydrogen) atoms. The number of fused-ring (bicyclic) bond motifs is 21. The van der Waals surface area contributed by atoms with E-state index in [2.05, 4.69) is 209 Å². The van der Waals surface area contributed by atoms with Crippen molar-refractivity contribution >= 4 is 0 Å². The van der Waals surface area contributed by atoms with E-state index in [1.54, 1.807) is 72.8 Å². The third-order valence-electron chi connectivity index (χ3n) is 31.8. The Morgan fingerprint density at radius 1 is 0.189 bits per heavy atom. The Morgan fingerprint density at radius 3 is 0.721 bits per heavy atom. The molecular weight excluding hydrogens is 1530 g/mol. The SMILES string of the molecule is CCC1(CC)c2ccccc2-c2ccc(-c3ccc4c(c3)C(CC)(CC)c3cc(-c5ccc6c(c5)C(CC)(CC)c5cc(-c7cc8c(cc7-c7ccc9c(c7)C(C)(C(F)(F)F)c7cc(-c%10ccc%11c(c%10)C(C)(C(F)(F)F)c%10cc(-c%12ccc%13c(c%12)C(C)(C(F)(F)F)c%12ccccc%12-%13)ccc%10-%11)ccc7-9)C(C)(C)c7cc(C)c(C)cc7-8)ccc5-6)ccc3-4)cc21. The van der Waals surface area contributed by atoms with Crippen molar-refractivity contribution in [1.82, 2.24) is 0 Å².